The predicted octanol–water partition coefficient (Wildman–Crippen LogP) is 8.01. The summed E-state index contributed by atoms with van der Waals surface area (Å²) in [5, 5.41) is 10.7. The maximum atomic E-state index is 10.7. The minimum atomic E-state index is -0.136. The van der Waals surface area contributed by atoms with Gasteiger partial charge in [-0.15, -0.1) is 0 Å². The summed E-state index contributed by atoms with van der Waals surface area (Å²) in [6.07, 6.45) is 16.0. The van der Waals surface area contributed by atoms with Crippen LogP contribution in [0.5, 0.6) is 0 Å². The second kappa shape index (κ2) is 7.65. The van der Waals surface area contributed by atoms with Crippen molar-refractivity contribution in [3.8, 4) is 0 Å². The van der Waals surface area contributed by atoms with Gasteiger partial charge in [0.25, 0.3) is 0 Å². The second-order valence-electron chi connectivity index (χ2n) is 12.6. The Labute approximate surface area is 186 Å². The lowest BCUT2D eigenvalue weighted by Crippen LogP contribution is -2.53. The van der Waals surface area contributed by atoms with Crippen molar-refractivity contribution in [1.29, 1.82) is 0 Å². The van der Waals surface area contributed by atoms with Gasteiger partial charge in [0, 0.05) is 0 Å². The van der Waals surface area contributed by atoms with E-state index < -0.39 is 0 Å². The first-order valence-electron chi connectivity index (χ1n) is 12.8. The van der Waals surface area contributed by atoms with Crippen LogP contribution in [0, 0.1) is 34.0 Å². The van der Waals surface area contributed by atoms with Crippen molar-refractivity contribution in [2.45, 2.75) is 112 Å². The molecule has 168 valence electrons. The molecule has 0 spiro atoms. The SMILES string of the molecule is CC(C)=CCC[C@@H](C)[C@H]1CC=C2C3=C(CC[C@@]21C)[C@@]1(C)CC[C@H](O)C(C)(C)[C@H]1CC3. The predicted molar refractivity (Wildman–Crippen MR) is 128 cm³/mol. The van der Waals surface area contributed by atoms with Crippen molar-refractivity contribution in [1.82, 2.24) is 0 Å². The Bertz CT molecular complexity index is 776. The molecule has 0 aromatic carbocycles. The number of allylic oxidation sites excluding steroid dienone is 6. The molecule has 0 radical (unpaired) electrons. The fourth-order valence-corrected chi connectivity index (χ4v) is 8.41. The van der Waals surface area contributed by atoms with Crippen molar-refractivity contribution >= 4 is 0 Å². The molecule has 0 unspecified atom stereocenters. The normalized spacial score (nSPS) is 40.8. The van der Waals surface area contributed by atoms with E-state index in [2.05, 4.69) is 60.6 Å². The van der Waals surface area contributed by atoms with E-state index in [0.717, 1.165) is 18.3 Å². The van der Waals surface area contributed by atoms with E-state index in [-0.39, 0.29) is 11.5 Å². The molecule has 0 saturated heterocycles. The van der Waals surface area contributed by atoms with Gasteiger partial charge in [-0.1, -0.05) is 57.9 Å². The summed E-state index contributed by atoms with van der Waals surface area (Å²) in [4.78, 5) is 0. The smallest absolute Gasteiger partial charge is 0.0594 e. The molecule has 4 rings (SSSR count). The van der Waals surface area contributed by atoms with Crippen molar-refractivity contribution < 1.29 is 5.11 Å². The summed E-state index contributed by atoms with van der Waals surface area (Å²) in [5.74, 6) is 2.22. The quantitative estimate of drug-likeness (QED) is 0.465. The molecule has 0 heterocycles. The standard InChI is InChI=1S/C29H46O/c1-19(2)9-8-10-20(3)22-12-13-23-21-11-14-25-27(4,5)26(30)16-18-29(25,7)24(21)15-17-28(22,23)6/h9,13,20,22,25-26,30H,8,10-12,14-18H2,1-7H3/t20-,22-,25-,26+,28-,29-/m1/s1. The van der Waals surface area contributed by atoms with E-state index in [1.807, 2.05) is 0 Å². The fraction of sp³-hybridized carbons (Fsp3) is 0.793. The highest BCUT2D eigenvalue weighted by molar-refractivity contribution is 5.49. The molecule has 0 aliphatic heterocycles. The Morgan fingerprint density at radius 1 is 1.10 bits per heavy atom. The average Bonchev–Trinajstić information content (AvgIpc) is 3.02. The van der Waals surface area contributed by atoms with Crippen molar-refractivity contribution in [2.75, 3.05) is 0 Å². The van der Waals surface area contributed by atoms with E-state index in [1.54, 1.807) is 16.7 Å². The Morgan fingerprint density at radius 2 is 1.83 bits per heavy atom. The Balaban J connectivity index is 1.60. The average molecular weight is 411 g/mol. The van der Waals surface area contributed by atoms with E-state index in [1.165, 1.54) is 56.9 Å². The van der Waals surface area contributed by atoms with Crippen LogP contribution in [0.1, 0.15) is 106 Å². The zero-order chi connectivity index (χ0) is 21.9. The molecule has 0 aromatic rings. The molecule has 4 aliphatic carbocycles. The first kappa shape index (κ1) is 22.4. The van der Waals surface area contributed by atoms with Crippen LogP contribution in [0.4, 0.5) is 0 Å². The molecule has 0 aromatic heterocycles. The molecular formula is C29H46O. The molecule has 1 heteroatoms. The van der Waals surface area contributed by atoms with Gasteiger partial charge in [-0.2, -0.15) is 0 Å². The molecule has 1 saturated carbocycles. The maximum absolute atomic E-state index is 10.7. The Hall–Kier alpha value is -0.820. The van der Waals surface area contributed by atoms with Crippen LogP contribution in [-0.2, 0) is 0 Å². The van der Waals surface area contributed by atoms with Gasteiger partial charge >= 0.3 is 0 Å². The third kappa shape index (κ3) is 3.30. The highest BCUT2D eigenvalue weighted by Crippen LogP contribution is 2.66. The summed E-state index contributed by atoms with van der Waals surface area (Å²) in [6, 6.07) is 0. The maximum Gasteiger partial charge on any atom is 0.0594 e. The number of hydrogen-bond donors (Lipinski definition) is 1. The van der Waals surface area contributed by atoms with Crippen molar-refractivity contribution in [2.24, 2.45) is 34.0 Å². The van der Waals surface area contributed by atoms with Crippen molar-refractivity contribution in [3.63, 3.8) is 0 Å². The summed E-state index contributed by atoms with van der Waals surface area (Å²) in [6.45, 7) is 16.8. The minimum absolute atomic E-state index is 0.0400. The van der Waals surface area contributed by atoms with Crippen LogP contribution >= 0.6 is 0 Å². The molecule has 0 amide bonds. The van der Waals surface area contributed by atoms with Crippen molar-refractivity contribution in [3.05, 3.63) is 34.4 Å². The van der Waals surface area contributed by atoms with Gasteiger partial charge in [-0.25, -0.2) is 0 Å². The summed E-state index contributed by atoms with van der Waals surface area (Å²) < 4.78 is 0. The van der Waals surface area contributed by atoms with Crippen LogP contribution in [0.3, 0.4) is 0 Å². The highest BCUT2D eigenvalue weighted by atomic mass is 16.3. The van der Waals surface area contributed by atoms with Gasteiger partial charge in [0.15, 0.2) is 0 Å². The largest absolute Gasteiger partial charge is 0.393 e. The monoisotopic (exact) mass is 410 g/mol. The van der Waals surface area contributed by atoms with Crippen LogP contribution in [-0.4, -0.2) is 11.2 Å². The lowest BCUT2D eigenvalue weighted by Gasteiger charge is -2.59. The number of rotatable bonds is 4. The summed E-state index contributed by atoms with van der Waals surface area (Å²) in [7, 11) is 0. The second-order valence-corrected chi connectivity index (χ2v) is 12.6. The summed E-state index contributed by atoms with van der Waals surface area (Å²) in [5.41, 5.74) is 7.47. The summed E-state index contributed by atoms with van der Waals surface area (Å²) >= 11 is 0. The van der Waals surface area contributed by atoms with Crippen LogP contribution in [0.25, 0.3) is 0 Å². The molecule has 1 fully saturated rings. The zero-order valence-corrected chi connectivity index (χ0v) is 20.8. The number of hydrogen-bond acceptors (Lipinski definition) is 1. The van der Waals surface area contributed by atoms with Crippen LogP contribution < -0.4 is 0 Å². The molecule has 0 bridgehead atoms. The number of aliphatic hydroxyl groups excluding tert-OH is 1. The van der Waals surface area contributed by atoms with Gasteiger partial charge < -0.3 is 5.11 Å². The Kier molecular flexibility index (Phi) is 5.70. The van der Waals surface area contributed by atoms with Gasteiger partial charge in [0.2, 0.25) is 0 Å². The molecular weight excluding hydrogens is 364 g/mol. The highest BCUT2D eigenvalue weighted by Gasteiger charge is 2.57. The lowest BCUT2D eigenvalue weighted by molar-refractivity contribution is -0.0905. The van der Waals surface area contributed by atoms with Gasteiger partial charge in [0.1, 0.15) is 0 Å². The molecule has 1 nitrogen and oxygen atoms in total. The molecule has 6 atom stereocenters. The van der Waals surface area contributed by atoms with Crippen LogP contribution in [0.2, 0.25) is 0 Å². The number of fused-ring (bicyclic) bond motifs is 4. The molecule has 4 aliphatic rings. The van der Waals surface area contributed by atoms with E-state index in [4.69, 9.17) is 0 Å². The number of aliphatic hydroxyl groups is 1. The van der Waals surface area contributed by atoms with E-state index in [9.17, 15) is 5.11 Å². The van der Waals surface area contributed by atoms with Gasteiger partial charge in [0.05, 0.1) is 6.10 Å². The van der Waals surface area contributed by atoms with Gasteiger partial charge in [-0.05, 0) is 117 Å². The minimum Gasteiger partial charge on any atom is -0.393 e. The first-order valence-corrected chi connectivity index (χ1v) is 12.8. The Morgan fingerprint density at radius 3 is 2.53 bits per heavy atom. The lowest BCUT2D eigenvalue weighted by atomic mass is 9.46. The third-order valence-corrected chi connectivity index (χ3v) is 10.3. The van der Waals surface area contributed by atoms with E-state index >= 15 is 0 Å². The first-order chi connectivity index (χ1) is 14.0. The third-order valence-electron chi connectivity index (χ3n) is 10.3. The zero-order valence-electron chi connectivity index (χ0n) is 20.8. The van der Waals surface area contributed by atoms with Gasteiger partial charge in [-0.3, -0.25) is 0 Å². The molecule has 30 heavy (non-hydrogen) atoms. The fourth-order valence-electron chi connectivity index (χ4n) is 8.41. The van der Waals surface area contributed by atoms with E-state index in [0.29, 0.717) is 16.7 Å². The topological polar surface area (TPSA) is 20.2 Å². The van der Waals surface area contributed by atoms with Crippen LogP contribution in [0.15, 0.2) is 34.4 Å². The molecule has 1 N–H and O–H groups in total.